The highest BCUT2D eigenvalue weighted by Crippen LogP contribution is 2.38. The largest absolute Gasteiger partial charge is 0.484 e. The number of aryl methyl sites for hydroxylation is 1. The molecule has 4 rings (SSSR count). The maximum atomic E-state index is 13.5. The Morgan fingerprint density at radius 2 is 2.00 bits per heavy atom. The van der Waals surface area contributed by atoms with Gasteiger partial charge in [-0.05, 0) is 38.5 Å². The number of hydrogen-bond acceptors (Lipinski definition) is 9. The lowest BCUT2D eigenvalue weighted by Gasteiger charge is -2.36. The molecule has 1 fully saturated rings. The molecule has 188 valence electrons. The standard InChI is InChI=1S/C22H26N4O8S/c1-22(2,3)34-20(28)8-14-5-6-18-17(7-14)26(35(30,31)16-9-23-24(4)12-16)11-15(33-18)10-25-19(27)13-32-21(25)29/h5-7,9,12,15H,8,10-11,13H2,1-4H3/t15-/m0/s1. The zero-order valence-corrected chi connectivity index (χ0v) is 20.6. The molecule has 0 bridgehead atoms. The number of fused-ring (bicyclic) bond motifs is 1. The first-order chi connectivity index (χ1) is 16.3. The summed E-state index contributed by atoms with van der Waals surface area (Å²) in [7, 11) is -2.49. The second kappa shape index (κ2) is 8.87. The number of amides is 2. The van der Waals surface area contributed by atoms with Gasteiger partial charge in [-0.3, -0.25) is 18.6 Å². The van der Waals surface area contributed by atoms with E-state index in [9.17, 15) is 22.8 Å². The highest BCUT2D eigenvalue weighted by Gasteiger charge is 2.40. The van der Waals surface area contributed by atoms with Crippen LogP contribution < -0.4 is 9.04 Å². The van der Waals surface area contributed by atoms with Crippen LogP contribution in [0.25, 0.3) is 0 Å². The Bertz CT molecular complexity index is 1260. The number of hydrogen-bond donors (Lipinski definition) is 0. The van der Waals surface area contributed by atoms with Crippen LogP contribution in [-0.2, 0) is 42.6 Å². The molecule has 0 spiro atoms. The van der Waals surface area contributed by atoms with Crippen LogP contribution in [0.1, 0.15) is 26.3 Å². The van der Waals surface area contributed by atoms with Crippen LogP contribution in [0.5, 0.6) is 5.75 Å². The lowest BCUT2D eigenvalue weighted by atomic mass is 10.1. The molecule has 1 aromatic carbocycles. The Hall–Kier alpha value is -3.61. The van der Waals surface area contributed by atoms with Gasteiger partial charge in [-0.1, -0.05) is 6.07 Å². The van der Waals surface area contributed by atoms with Crippen molar-refractivity contribution in [1.29, 1.82) is 0 Å². The van der Waals surface area contributed by atoms with E-state index in [2.05, 4.69) is 5.10 Å². The van der Waals surface area contributed by atoms with Gasteiger partial charge in [0.25, 0.3) is 15.9 Å². The number of carbonyl (C=O) groups excluding carboxylic acids is 3. The van der Waals surface area contributed by atoms with Crippen LogP contribution in [-0.4, -0.2) is 72.5 Å². The highest BCUT2D eigenvalue weighted by atomic mass is 32.2. The molecule has 0 saturated carbocycles. The summed E-state index contributed by atoms with van der Waals surface area (Å²) >= 11 is 0. The molecule has 3 heterocycles. The third kappa shape index (κ3) is 5.24. The minimum absolute atomic E-state index is 0.0409. The number of benzene rings is 1. The van der Waals surface area contributed by atoms with Crippen molar-refractivity contribution in [3.05, 3.63) is 36.2 Å². The molecule has 2 aliphatic heterocycles. The molecule has 1 saturated heterocycles. The fraction of sp³-hybridized carbons (Fsp3) is 0.455. The SMILES string of the molecule is Cn1cc(S(=O)(=O)N2C[C@H](CN3C(=O)COC3=O)Oc3ccc(CC(=O)OC(C)(C)C)cc32)cn1. The summed E-state index contributed by atoms with van der Waals surface area (Å²) in [6.45, 7) is 4.54. The maximum Gasteiger partial charge on any atom is 0.417 e. The number of aromatic nitrogens is 2. The molecule has 35 heavy (non-hydrogen) atoms. The number of cyclic esters (lactones) is 1. The topological polar surface area (TPSA) is 137 Å². The summed E-state index contributed by atoms with van der Waals surface area (Å²) in [6, 6.07) is 4.74. The van der Waals surface area contributed by atoms with Gasteiger partial charge in [0.2, 0.25) is 0 Å². The van der Waals surface area contributed by atoms with Crippen LogP contribution >= 0.6 is 0 Å². The fourth-order valence-corrected chi connectivity index (χ4v) is 5.24. The van der Waals surface area contributed by atoms with Crippen molar-refractivity contribution in [2.24, 2.45) is 7.05 Å². The molecule has 2 amide bonds. The molecule has 13 heteroatoms. The van der Waals surface area contributed by atoms with E-state index >= 15 is 0 Å². The van der Waals surface area contributed by atoms with Gasteiger partial charge in [0, 0.05) is 13.2 Å². The average Bonchev–Trinajstić information content (AvgIpc) is 3.33. The minimum atomic E-state index is -4.09. The van der Waals surface area contributed by atoms with Crippen molar-refractivity contribution < 1.29 is 37.0 Å². The molecule has 12 nitrogen and oxygen atoms in total. The molecule has 0 unspecified atom stereocenters. The first kappa shape index (κ1) is 24.5. The summed E-state index contributed by atoms with van der Waals surface area (Å²) in [4.78, 5) is 37.1. The van der Waals surface area contributed by atoms with Crippen LogP contribution in [0.3, 0.4) is 0 Å². The van der Waals surface area contributed by atoms with E-state index in [0.717, 1.165) is 9.21 Å². The Labute approximate surface area is 202 Å². The van der Waals surface area contributed by atoms with Gasteiger partial charge < -0.3 is 14.2 Å². The number of nitrogens with zero attached hydrogens (tertiary/aromatic N) is 4. The molecule has 2 aliphatic rings. The normalized spacial score (nSPS) is 18.2. The van der Waals surface area contributed by atoms with E-state index in [-0.39, 0.29) is 42.4 Å². The number of ether oxygens (including phenoxy) is 3. The molecule has 2 aromatic rings. The average molecular weight is 507 g/mol. The quantitative estimate of drug-likeness (QED) is 0.530. The summed E-state index contributed by atoms with van der Waals surface area (Å²) in [5.41, 5.74) is 0.0945. The molecule has 0 radical (unpaired) electrons. The molecular formula is C22H26N4O8S. The third-order valence-electron chi connectivity index (χ3n) is 5.22. The van der Waals surface area contributed by atoms with Gasteiger partial charge in [-0.15, -0.1) is 0 Å². The molecule has 1 aromatic heterocycles. The predicted octanol–water partition coefficient (Wildman–Crippen LogP) is 1.24. The van der Waals surface area contributed by atoms with Gasteiger partial charge in [-0.2, -0.15) is 5.10 Å². The number of anilines is 1. The predicted molar refractivity (Wildman–Crippen MR) is 121 cm³/mol. The zero-order chi connectivity index (χ0) is 25.5. The van der Waals surface area contributed by atoms with E-state index < -0.39 is 39.7 Å². The Morgan fingerprint density at radius 3 is 2.60 bits per heavy atom. The number of carbonyl (C=O) groups is 3. The molecule has 0 aliphatic carbocycles. The van der Waals surface area contributed by atoms with Gasteiger partial charge in [0.05, 0.1) is 31.4 Å². The molecule has 1 atom stereocenters. The highest BCUT2D eigenvalue weighted by molar-refractivity contribution is 7.92. The molecule has 0 N–H and O–H groups in total. The van der Waals surface area contributed by atoms with Gasteiger partial charge >= 0.3 is 12.1 Å². The summed E-state index contributed by atoms with van der Waals surface area (Å²) < 4.78 is 45.7. The number of rotatable bonds is 6. The fourth-order valence-electron chi connectivity index (χ4n) is 3.75. The van der Waals surface area contributed by atoms with Gasteiger partial charge in [-0.25, -0.2) is 18.1 Å². The Kier molecular flexibility index (Phi) is 6.21. The third-order valence-corrected chi connectivity index (χ3v) is 6.95. The van der Waals surface area contributed by atoms with Crippen LogP contribution in [0, 0.1) is 0 Å². The minimum Gasteiger partial charge on any atom is -0.484 e. The number of sulfonamides is 1. The number of imide groups is 1. The van der Waals surface area contributed by atoms with Crippen molar-refractivity contribution in [2.75, 3.05) is 24.0 Å². The van der Waals surface area contributed by atoms with Crippen molar-refractivity contribution in [1.82, 2.24) is 14.7 Å². The van der Waals surface area contributed by atoms with Crippen LogP contribution in [0.4, 0.5) is 10.5 Å². The van der Waals surface area contributed by atoms with E-state index in [0.29, 0.717) is 5.56 Å². The lowest BCUT2D eigenvalue weighted by molar-refractivity contribution is -0.153. The summed E-state index contributed by atoms with van der Waals surface area (Å²) in [5.74, 6) is -0.764. The smallest absolute Gasteiger partial charge is 0.417 e. The number of esters is 1. The van der Waals surface area contributed by atoms with E-state index in [4.69, 9.17) is 14.2 Å². The first-order valence-corrected chi connectivity index (χ1v) is 12.3. The Morgan fingerprint density at radius 1 is 1.26 bits per heavy atom. The van der Waals surface area contributed by atoms with Crippen LogP contribution in [0.15, 0.2) is 35.5 Å². The van der Waals surface area contributed by atoms with Gasteiger partial charge in [0.1, 0.15) is 22.4 Å². The summed E-state index contributed by atoms with van der Waals surface area (Å²) in [6.07, 6.45) is 0.874. The van der Waals surface area contributed by atoms with Crippen molar-refractivity contribution in [2.45, 2.75) is 43.8 Å². The lowest BCUT2D eigenvalue weighted by Crippen LogP contribution is -2.49. The van der Waals surface area contributed by atoms with Crippen molar-refractivity contribution >= 4 is 33.7 Å². The first-order valence-electron chi connectivity index (χ1n) is 10.8. The maximum absolute atomic E-state index is 13.5. The van der Waals surface area contributed by atoms with E-state index in [1.807, 2.05) is 0 Å². The second-order valence-electron chi connectivity index (χ2n) is 9.25. The Balaban J connectivity index is 1.68. The summed E-state index contributed by atoms with van der Waals surface area (Å²) in [5, 5.41) is 3.95. The van der Waals surface area contributed by atoms with Crippen molar-refractivity contribution in [3.63, 3.8) is 0 Å². The molecular weight excluding hydrogens is 480 g/mol. The van der Waals surface area contributed by atoms with E-state index in [1.165, 1.54) is 17.1 Å². The van der Waals surface area contributed by atoms with E-state index in [1.54, 1.807) is 46.0 Å². The second-order valence-corrected chi connectivity index (χ2v) is 11.1. The van der Waals surface area contributed by atoms with Crippen molar-refractivity contribution in [3.8, 4) is 5.75 Å². The van der Waals surface area contributed by atoms with Gasteiger partial charge in [0.15, 0.2) is 6.61 Å². The zero-order valence-electron chi connectivity index (χ0n) is 19.8. The van der Waals surface area contributed by atoms with Crippen LogP contribution in [0.2, 0.25) is 0 Å². The monoisotopic (exact) mass is 506 g/mol.